The third kappa shape index (κ3) is 2.87. The second-order valence-electron chi connectivity index (χ2n) is 4.17. The molecule has 0 heterocycles. The van der Waals surface area contributed by atoms with Crippen molar-refractivity contribution in [3.05, 3.63) is 53.8 Å². The maximum absolute atomic E-state index is 13.2. The van der Waals surface area contributed by atoms with Crippen LogP contribution in [0.2, 0.25) is 0 Å². The smallest absolute Gasteiger partial charge is 0.123 e. The largest absolute Gasteiger partial charge is 0.398 e. The van der Waals surface area contributed by atoms with Gasteiger partial charge in [0.2, 0.25) is 0 Å². The first-order valence-electron chi connectivity index (χ1n) is 5.84. The summed E-state index contributed by atoms with van der Waals surface area (Å²) in [6, 6.07) is 12.3. The number of nitrogens with two attached hydrogens (primary N) is 1. The molecule has 0 radical (unpaired) electrons. The zero-order valence-corrected chi connectivity index (χ0v) is 10.3. The molecule has 0 aromatic heterocycles. The van der Waals surface area contributed by atoms with E-state index in [0.717, 1.165) is 17.5 Å². The molecule has 3 heteroatoms. The number of hydrogen-bond acceptors (Lipinski definition) is 2. The molecule has 94 valence electrons. The van der Waals surface area contributed by atoms with Gasteiger partial charge in [-0.25, -0.2) is 4.39 Å². The normalized spacial score (nSPS) is 10.6. The molecule has 0 amide bonds. The maximum atomic E-state index is 13.2. The van der Waals surface area contributed by atoms with Crippen LogP contribution in [-0.2, 0) is 11.2 Å². The standard InChI is InChI=1S/C15H16FNO/c1-18-9-8-11-2-4-12(5-3-11)14-10-13(16)6-7-15(14)17/h2-7,10H,8-9,17H2,1H3. The number of nitrogen functional groups attached to an aromatic ring is 1. The van der Waals surface area contributed by atoms with E-state index in [-0.39, 0.29) is 5.82 Å². The maximum Gasteiger partial charge on any atom is 0.123 e. The zero-order valence-electron chi connectivity index (χ0n) is 10.3. The number of hydrogen-bond donors (Lipinski definition) is 1. The molecule has 0 atom stereocenters. The molecular formula is C15H16FNO. The molecule has 0 bridgehead atoms. The molecule has 2 N–H and O–H groups in total. The van der Waals surface area contributed by atoms with Gasteiger partial charge in [0.15, 0.2) is 0 Å². The van der Waals surface area contributed by atoms with E-state index in [0.29, 0.717) is 12.3 Å². The highest BCUT2D eigenvalue weighted by Crippen LogP contribution is 2.26. The van der Waals surface area contributed by atoms with Crippen LogP contribution in [0, 0.1) is 5.82 Å². The van der Waals surface area contributed by atoms with Crippen molar-refractivity contribution in [3.8, 4) is 11.1 Å². The summed E-state index contributed by atoms with van der Waals surface area (Å²) in [6.45, 7) is 0.696. The average Bonchev–Trinajstić information content (AvgIpc) is 2.40. The van der Waals surface area contributed by atoms with Gasteiger partial charge < -0.3 is 10.5 Å². The Labute approximate surface area is 106 Å². The van der Waals surface area contributed by atoms with E-state index in [2.05, 4.69) is 0 Å². The lowest BCUT2D eigenvalue weighted by Gasteiger charge is -2.07. The number of benzene rings is 2. The lowest BCUT2D eigenvalue weighted by Crippen LogP contribution is -1.95. The highest BCUT2D eigenvalue weighted by atomic mass is 19.1. The Kier molecular flexibility index (Phi) is 3.95. The van der Waals surface area contributed by atoms with Crippen LogP contribution in [-0.4, -0.2) is 13.7 Å². The van der Waals surface area contributed by atoms with Crippen molar-refractivity contribution < 1.29 is 9.13 Å². The molecule has 0 saturated heterocycles. The fourth-order valence-corrected chi connectivity index (χ4v) is 1.85. The van der Waals surface area contributed by atoms with Gasteiger partial charge >= 0.3 is 0 Å². The van der Waals surface area contributed by atoms with Crippen molar-refractivity contribution in [1.82, 2.24) is 0 Å². The molecule has 2 rings (SSSR count). The SMILES string of the molecule is COCCc1ccc(-c2cc(F)ccc2N)cc1. The molecule has 2 aromatic carbocycles. The van der Waals surface area contributed by atoms with Gasteiger partial charge in [-0.3, -0.25) is 0 Å². The third-order valence-electron chi connectivity index (χ3n) is 2.88. The predicted molar refractivity (Wildman–Crippen MR) is 71.8 cm³/mol. The molecule has 0 aliphatic rings. The number of rotatable bonds is 4. The van der Waals surface area contributed by atoms with Crippen LogP contribution < -0.4 is 5.73 Å². The third-order valence-corrected chi connectivity index (χ3v) is 2.88. The van der Waals surface area contributed by atoms with E-state index in [1.54, 1.807) is 13.2 Å². The fourth-order valence-electron chi connectivity index (χ4n) is 1.85. The van der Waals surface area contributed by atoms with Gasteiger partial charge in [0.05, 0.1) is 6.61 Å². The van der Waals surface area contributed by atoms with Crippen molar-refractivity contribution in [3.63, 3.8) is 0 Å². The van der Waals surface area contributed by atoms with Crippen LogP contribution in [0.15, 0.2) is 42.5 Å². The van der Waals surface area contributed by atoms with Crippen LogP contribution >= 0.6 is 0 Å². The molecule has 0 aliphatic carbocycles. The van der Waals surface area contributed by atoms with E-state index in [4.69, 9.17) is 10.5 Å². The van der Waals surface area contributed by atoms with E-state index in [1.807, 2.05) is 24.3 Å². The minimum absolute atomic E-state index is 0.275. The Hall–Kier alpha value is -1.87. The van der Waals surface area contributed by atoms with Crippen molar-refractivity contribution in [2.45, 2.75) is 6.42 Å². The summed E-state index contributed by atoms with van der Waals surface area (Å²) in [7, 11) is 1.68. The molecule has 2 aromatic rings. The summed E-state index contributed by atoms with van der Waals surface area (Å²) in [4.78, 5) is 0. The van der Waals surface area contributed by atoms with Crippen molar-refractivity contribution in [2.75, 3.05) is 19.5 Å². The number of anilines is 1. The second kappa shape index (κ2) is 5.65. The monoisotopic (exact) mass is 245 g/mol. The molecule has 0 spiro atoms. The second-order valence-corrected chi connectivity index (χ2v) is 4.17. The summed E-state index contributed by atoms with van der Waals surface area (Å²) in [6.07, 6.45) is 0.870. The Morgan fingerprint density at radius 2 is 1.83 bits per heavy atom. The highest BCUT2D eigenvalue weighted by Gasteiger charge is 2.04. The van der Waals surface area contributed by atoms with Gasteiger partial charge in [-0.15, -0.1) is 0 Å². The number of methoxy groups -OCH3 is 1. The summed E-state index contributed by atoms with van der Waals surface area (Å²) in [5, 5.41) is 0. The molecule has 2 nitrogen and oxygen atoms in total. The molecule has 0 saturated carbocycles. The Morgan fingerprint density at radius 1 is 1.11 bits per heavy atom. The first-order valence-corrected chi connectivity index (χ1v) is 5.84. The minimum Gasteiger partial charge on any atom is -0.398 e. The van der Waals surface area contributed by atoms with Gasteiger partial charge in [0.1, 0.15) is 5.82 Å². The van der Waals surface area contributed by atoms with Crippen LogP contribution in [0.3, 0.4) is 0 Å². The lowest BCUT2D eigenvalue weighted by atomic mass is 10.0. The Balaban J connectivity index is 2.25. The fraction of sp³-hybridized carbons (Fsp3) is 0.200. The van der Waals surface area contributed by atoms with Crippen LogP contribution in [0.5, 0.6) is 0 Å². The minimum atomic E-state index is -0.275. The van der Waals surface area contributed by atoms with E-state index in [1.165, 1.54) is 17.7 Å². The van der Waals surface area contributed by atoms with Crippen molar-refractivity contribution >= 4 is 5.69 Å². The first kappa shape index (κ1) is 12.6. The first-order chi connectivity index (χ1) is 8.70. The molecule has 0 unspecified atom stereocenters. The summed E-state index contributed by atoms with van der Waals surface area (Å²) in [5.74, 6) is -0.275. The Morgan fingerprint density at radius 3 is 2.50 bits per heavy atom. The van der Waals surface area contributed by atoms with E-state index >= 15 is 0 Å². The van der Waals surface area contributed by atoms with E-state index < -0.39 is 0 Å². The number of ether oxygens (including phenoxy) is 1. The summed E-state index contributed by atoms with van der Waals surface area (Å²) < 4.78 is 18.2. The topological polar surface area (TPSA) is 35.2 Å². The van der Waals surface area contributed by atoms with Crippen molar-refractivity contribution in [2.24, 2.45) is 0 Å². The van der Waals surface area contributed by atoms with E-state index in [9.17, 15) is 4.39 Å². The van der Waals surface area contributed by atoms with Gasteiger partial charge in [0, 0.05) is 18.4 Å². The zero-order chi connectivity index (χ0) is 13.0. The van der Waals surface area contributed by atoms with Crippen LogP contribution in [0.4, 0.5) is 10.1 Å². The number of halogens is 1. The summed E-state index contributed by atoms with van der Waals surface area (Å²) >= 11 is 0. The quantitative estimate of drug-likeness (QED) is 0.839. The Bertz CT molecular complexity index is 523. The lowest BCUT2D eigenvalue weighted by molar-refractivity contribution is 0.202. The average molecular weight is 245 g/mol. The van der Waals surface area contributed by atoms with Crippen LogP contribution in [0.1, 0.15) is 5.56 Å². The molecule has 18 heavy (non-hydrogen) atoms. The van der Waals surface area contributed by atoms with Gasteiger partial charge in [0.25, 0.3) is 0 Å². The molecule has 0 aliphatic heterocycles. The van der Waals surface area contributed by atoms with Crippen molar-refractivity contribution in [1.29, 1.82) is 0 Å². The highest BCUT2D eigenvalue weighted by molar-refractivity contribution is 5.76. The molecular weight excluding hydrogens is 229 g/mol. The predicted octanol–water partition coefficient (Wildman–Crippen LogP) is 3.26. The molecule has 0 fully saturated rings. The van der Waals surface area contributed by atoms with Gasteiger partial charge in [-0.1, -0.05) is 24.3 Å². The van der Waals surface area contributed by atoms with Crippen LogP contribution in [0.25, 0.3) is 11.1 Å². The summed E-state index contributed by atoms with van der Waals surface area (Å²) in [5.41, 5.74) is 9.28. The van der Waals surface area contributed by atoms with Gasteiger partial charge in [-0.05, 0) is 35.7 Å². The van der Waals surface area contributed by atoms with Gasteiger partial charge in [-0.2, -0.15) is 0 Å².